The van der Waals surface area contributed by atoms with E-state index in [1.165, 1.54) is 9.91 Å². The Balaban J connectivity index is 1.71. The zero-order valence-corrected chi connectivity index (χ0v) is 20.4. The summed E-state index contributed by atoms with van der Waals surface area (Å²) in [5.41, 5.74) is 4.07. The fraction of sp³-hybridized carbons (Fsp3) is 0.360. The summed E-state index contributed by atoms with van der Waals surface area (Å²) in [5.74, 6) is -0.470. The minimum absolute atomic E-state index is 0.0633. The summed E-state index contributed by atoms with van der Waals surface area (Å²) in [6, 6.07) is 15.3. The number of benzene rings is 2. The average Bonchev–Trinajstić information content (AvgIpc) is 3.07. The Kier molecular flexibility index (Phi) is 9.56. The van der Waals surface area contributed by atoms with Gasteiger partial charge in [0.2, 0.25) is 11.8 Å². The normalized spacial score (nSPS) is 15.3. The number of carbonyl (C=O) groups excluding carboxylic acids is 3. The van der Waals surface area contributed by atoms with Gasteiger partial charge < -0.3 is 15.2 Å². The van der Waals surface area contributed by atoms with Crippen LogP contribution >= 0.6 is 12.2 Å². The second-order valence-electron chi connectivity index (χ2n) is 8.07. The van der Waals surface area contributed by atoms with Crippen LogP contribution in [0.15, 0.2) is 54.6 Å². The van der Waals surface area contributed by atoms with Gasteiger partial charge in [0.1, 0.15) is 11.8 Å². The minimum Gasteiger partial charge on any atom is -0.494 e. The van der Waals surface area contributed by atoms with Gasteiger partial charge in [0.25, 0.3) is 5.91 Å². The SMILES string of the molecule is CCCOc1ccc(NC(=O)CC2C(=O)N(Cc3ccccc3)C(=S)N2NC(=O)CCCO)cc1. The van der Waals surface area contributed by atoms with Crippen LogP contribution in [-0.4, -0.2) is 57.1 Å². The Morgan fingerprint density at radius 3 is 2.46 bits per heavy atom. The van der Waals surface area contributed by atoms with E-state index in [0.717, 1.165) is 12.0 Å². The summed E-state index contributed by atoms with van der Waals surface area (Å²) >= 11 is 5.50. The Morgan fingerprint density at radius 1 is 1.09 bits per heavy atom. The summed E-state index contributed by atoms with van der Waals surface area (Å²) in [5, 5.41) is 13.2. The number of hydrogen-bond acceptors (Lipinski definition) is 6. The Bertz CT molecular complexity index is 1030. The molecule has 2 aromatic rings. The van der Waals surface area contributed by atoms with Crippen molar-refractivity contribution < 1.29 is 24.2 Å². The molecule has 1 unspecified atom stereocenters. The number of anilines is 1. The maximum absolute atomic E-state index is 13.3. The van der Waals surface area contributed by atoms with Gasteiger partial charge in [-0.25, -0.2) is 5.01 Å². The predicted molar refractivity (Wildman–Crippen MR) is 135 cm³/mol. The van der Waals surface area contributed by atoms with E-state index in [-0.39, 0.29) is 43.4 Å². The van der Waals surface area contributed by atoms with Gasteiger partial charge in [-0.3, -0.25) is 24.7 Å². The molecule has 1 heterocycles. The lowest BCUT2D eigenvalue weighted by Crippen LogP contribution is -2.49. The molecule has 3 N–H and O–H groups in total. The van der Waals surface area contributed by atoms with Crippen molar-refractivity contribution in [3.63, 3.8) is 0 Å². The summed E-state index contributed by atoms with van der Waals surface area (Å²) < 4.78 is 5.55. The monoisotopic (exact) mass is 498 g/mol. The molecular weight excluding hydrogens is 468 g/mol. The fourth-order valence-corrected chi connectivity index (χ4v) is 3.86. The number of hydrazine groups is 1. The molecule has 0 bridgehead atoms. The Labute approximate surface area is 210 Å². The zero-order valence-electron chi connectivity index (χ0n) is 19.6. The van der Waals surface area contributed by atoms with Gasteiger partial charge >= 0.3 is 0 Å². The molecule has 1 atom stereocenters. The summed E-state index contributed by atoms with van der Waals surface area (Å²) in [7, 11) is 0. The zero-order chi connectivity index (χ0) is 25.2. The second kappa shape index (κ2) is 12.8. The van der Waals surface area contributed by atoms with Crippen molar-refractivity contribution in [2.45, 2.75) is 45.2 Å². The van der Waals surface area contributed by atoms with Crippen LogP contribution in [0.4, 0.5) is 5.69 Å². The molecule has 1 saturated heterocycles. The molecule has 1 aliphatic heterocycles. The highest BCUT2D eigenvalue weighted by Crippen LogP contribution is 2.23. The van der Waals surface area contributed by atoms with Crippen LogP contribution in [0.5, 0.6) is 5.75 Å². The van der Waals surface area contributed by atoms with Crippen LogP contribution in [-0.2, 0) is 20.9 Å². The van der Waals surface area contributed by atoms with Crippen LogP contribution < -0.4 is 15.5 Å². The first kappa shape index (κ1) is 26.1. The molecule has 35 heavy (non-hydrogen) atoms. The molecule has 0 radical (unpaired) electrons. The van der Waals surface area contributed by atoms with E-state index >= 15 is 0 Å². The first-order valence-corrected chi connectivity index (χ1v) is 11.9. The molecule has 2 aromatic carbocycles. The van der Waals surface area contributed by atoms with Crippen molar-refractivity contribution in [1.82, 2.24) is 15.3 Å². The number of carbonyl (C=O) groups is 3. The first-order valence-electron chi connectivity index (χ1n) is 11.5. The van der Waals surface area contributed by atoms with E-state index in [1.54, 1.807) is 24.3 Å². The molecule has 9 nitrogen and oxygen atoms in total. The maximum Gasteiger partial charge on any atom is 0.254 e. The number of ether oxygens (including phenoxy) is 1. The highest BCUT2D eigenvalue weighted by atomic mass is 32.1. The van der Waals surface area contributed by atoms with Gasteiger partial charge in [-0.15, -0.1) is 0 Å². The van der Waals surface area contributed by atoms with Gasteiger partial charge in [-0.05, 0) is 54.9 Å². The molecule has 1 aliphatic rings. The van der Waals surface area contributed by atoms with Crippen molar-refractivity contribution in [2.75, 3.05) is 18.5 Å². The first-order chi connectivity index (χ1) is 16.9. The number of nitrogens with zero attached hydrogens (tertiary/aromatic N) is 2. The van der Waals surface area contributed by atoms with Gasteiger partial charge in [0, 0.05) is 18.7 Å². The van der Waals surface area contributed by atoms with Crippen LogP contribution in [0.2, 0.25) is 0 Å². The molecule has 1 fully saturated rings. The lowest BCUT2D eigenvalue weighted by atomic mass is 10.1. The molecule has 3 rings (SSSR count). The predicted octanol–water partition coefficient (Wildman–Crippen LogP) is 2.61. The van der Waals surface area contributed by atoms with Crippen molar-refractivity contribution in [3.8, 4) is 5.75 Å². The van der Waals surface area contributed by atoms with E-state index in [9.17, 15) is 14.4 Å². The number of nitrogens with one attached hydrogen (secondary N) is 2. The van der Waals surface area contributed by atoms with Gasteiger partial charge in [-0.1, -0.05) is 37.3 Å². The second-order valence-corrected chi connectivity index (χ2v) is 8.43. The van der Waals surface area contributed by atoms with E-state index in [0.29, 0.717) is 18.0 Å². The molecule has 0 spiro atoms. The van der Waals surface area contributed by atoms with Gasteiger partial charge in [0.05, 0.1) is 19.6 Å². The molecular formula is C25H30N4O5S. The lowest BCUT2D eigenvalue weighted by molar-refractivity contribution is -0.133. The van der Waals surface area contributed by atoms with Crippen LogP contribution in [0.1, 0.15) is 38.2 Å². The molecule has 3 amide bonds. The number of aliphatic hydroxyl groups is 1. The highest BCUT2D eigenvalue weighted by molar-refractivity contribution is 7.80. The van der Waals surface area contributed by atoms with Crippen LogP contribution in [0.3, 0.4) is 0 Å². The van der Waals surface area contributed by atoms with Crippen molar-refractivity contribution in [3.05, 3.63) is 60.2 Å². The molecule has 0 aromatic heterocycles. The third kappa shape index (κ3) is 7.24. The van der Waals surface area contributed by atoms with Crippen LogP contribution in [0.25, 0.3) is 0 Å². The Hall–Kier alpha value is -3.50. The number of aliphatic hydroxyl groups excluding tert-OH is 1. The maximum atomic E-state index is 13.3. The molecule has 0 aliphatic carbocycles. The molecule has 0 saturated carbocycles. The van der Waals surface area contributed by atoms with Gasteiger partial charge in [-0.2, -0.15) is 0 Å². The topological polar surface area (TPSA) is 111 Å². The minimum atomic E-state index is -0.989. The highest BCUT2D eigenvalue weighted by Gasteiger charge is 2.44. The fourth-order valence-electron chi connectivity index (χ4n) is 3.54. The third-order valence-electron chi connectivity index (χ3n) is 5.28. The lowest BCUT2D eigenvalue weighted by Gasteiger charge is -2.24. The summed E-state index contributed by atoms with van der Waals surface area (Å²) in [6.45, 7) is 2.71. The quantitative estimate of drug-likeness (QED) is 0.386. The van der Waals surface area contributed by atoms with Crippen LogP contribution in [0, 0.1) is 0 Å². The standard InChI is InChI=1S/C25H30N4O5S/c1-2-15-34-20-12-10-19(11-13-20)26-23(32)16-21-24(33)28(17-18-7-4-3-5-8-18)25(35)29(21)27-22(31)9-6-14-30/h3-5,7-8,10-13,21,30H,2,6,9,14-17H2,1H3,(H,26,32)(H,27,31). The number of thiocarbonyl (C=S) groups is 1. The number of amides is 3. The van der Waals surface area contributed by atoms with Gasteiger partial charge in [0.15, 0.2) is 5.11 Å². The number of hydrogen-bond donors (Lipinski definition) is 3. The largest absolute Gasteiger partial charge is 0.494 e. The van der Waals surface area contributed by atoms with Crippen molar-refractivity contribution in [2.24, 2.45) is 0 Å². The molecule has 10 heteroatoms. The van der Waals surface area contributed by atoms with E-state index < -0.39 is 17.9 Å². The smallest absolute Gasteiger partial charge is 0.254 e. The number of rotatable bonds is 12. The summed E-state index contributed by atoms with van der Waals surface area (Å²) in [6.07, 6.45) is 1.02. The Morgan fingerprint density at radius 2 is 1.80 bits per heavy atom. The van der Waals surface area contributed by atoms with E-state index in [1.807, 2.05) is 37.3 Å². The average molecular weight is 499 g/mol. The van der Waals surface area contributed by atoms with E-state index in [2.05, 4.69) is 10.7 Å². The van der Waals surface area contributed by atoms with Crippen molar-refractivity contribution in [1.29, 1.82) is 0 Å². The molecule has 186 valence electrons. The summed E-state index contributed by atoms with van der Waals surface area (Å²) in [4.78, 5) is 39.8. The van der Waals surface area contributed by atoms with E-state index in [4.69, 9.17) is 22.1 Å². The van der Waals surface area contributed by atoms with Crippen molar-refractivity contribution >= 4 is 40.7 Å². The third-order valence-corrected chi connectivity index (χ3v) is 5.70.